The van der Waals surface area contributed by atoms with Crippen molar-refractivity contribution in [1.82, 2.24) is 0 Å². The van der Waals surface area contributed by atoms with Gasteiger partial charge in [-0.1, -0.05) is 46.4 Å². The van der Waals surface area contributed by atoms with Gasteiger partial charge in [0, 0.05) is 0 Å². The van der Waals surface area contributed by atoms with E-state index in [0.717, 1.165) is 6.07 Å². The Balaban J connectivity index is 3.07. The van der Waals surface area contributed by atoms with Crippen LogP contribution in [0, 0.1) is 0 Å². The second-order valence-corrected chi connectivity index (χ2v) is 5.00. The summed E-state index contributed by atoms with van der Waals surface area (Å²) in [4.78, 5) is 10.2. The van der Waals surface area contributed by atoms with Crippen LogP contribution in [0.1, 0.15) is 5.56 Å². The minimum Gasteiger partial charge on any atom is -0.480 e. The smallest absolute Gasteiger partial charge is 0.329 e. The lowest BCUT2D eigenvalue weighted by molar-refractivity contribution is -0.147. The number of hydrogen-bond donors (Lipinski definition) is 1. The second-order valence-electron chi connectivity index (χ2n) is 3.43. The quantitative estimate of drug-likeness (QED) is 0.626. The normalized spacial score (nSPS) is 11.7. The molecule has 0 aliphatic heterocycles. The molecule has 0 atom stereocenters. The first-order valence-corrected chi connectivity index (χ1v) is 6.19. The van der Waals surface area contributed by atoms with Crippen molar-refractivity contribution in [2.75, 3.05) is 13.2 Å². The number of rotatable bonds is 5. The molecule has 1 aromatic carbocycles. The van der Waals surface area contributed by atoms with Crippen molar-refractivity contribution in [3.63, 3.8) is 0 Å². The average molecular weight is 354 g/mol. The molecule has 0 unspecified atom stereocenters. The maximum atomic E-state index is 13.9. The maximum Gasteiger partial charge on any atom is 0.329 e. The summed E-state index contributed by atoms with van der Waals surface area (Å²) in [5.41, 5.74) is -0.754. The molecule has 0 heterocycles. The van der Waals surface area contributed by atoms with Gasteiger partial charge in [0.25, 0.3) is 5.92 Å². The van der Waals surface area contributed by atoms with Crippen molar-refractivity contribution in [2.45, 2.75) is 5.92 Å². The maximum absolute atomic E-state index is 13.9. The lowest BCUT2D eigenvalue weighted by atomic mass is 10.1. The van der Waals surface area contributed by atoms with Gasteiger partial charge >= 0.3 is 5.97 Å². The van der Waals surface area contributed by atoms with Gasteiger partial charge in [-0.05, 0) is 6.07 Å². The van der Waals surface area contributed by atoms with Gasteiger partial charge in [0.2, 0.25) is 0 Å². The molecule has 1 aromatic rings. The predicted octanol–water partition coefficient (Wildman–Crippen LogP) is 4.49. The van der Waals surface area contributed by atoms with Crippen LogP contribution in [0.15, 0.2) is 6.07 Å². The molecule has 1 rings (SSSR count). The Morgan fingerprint density at radius 1 is 1.21 bits per heavy atom. The minimum atomic E-state index is -3.60. The molecular weight excluding hydrogens is 348 g/mol. The van der Waals surface area contributed by atoms with E-state index >= 15 is 0 Å². The second kappa shape index (κ2) is 6.41. The molecular formula is C10H6Cl4F2O3. The minimum absolute atomic E-state index is 0.0670. The third-order valence-electron chi connectivity index (χ3n) is 1.99. The molecule has 0 aromatic heterocycles. The summed E-state index contributed by atoms with van der Waals surface area (Å²) in [6.45, 7) is -2.07. The van der Waals surface area contributed by atoms with E-state index in [9.17, 15) is 13.6 Å². The first-order chi connectivity index (χ1) is 8.66. The molecule has 0 radical (unpaired) electrons. The topological polar surface area (TPSA) is 46.5 Å². The number of alkyl halides is 2. The van der Waals surface area contributed by atoms with Crippen molar-refractivity contribution in [2.24, 2.45) is 0 Å². The monoisotopic (exact) mass is 352 g/mol. The van der Waals surface area contributed by atoms with Crippen molar-refractivity contribution in [3.8, 4) is 0 Å². The summed E-state index contributed by atoms with van der Waals surface area (Å²) in [7, 11) is 0. The van der Waals surface area contributed by atoms with Crippen LogP contribution in [-0.2, 0) is 15.5 Å². The number of carbonyl (C=O) groups is 1. The first kappa shape index (κ1) is 16.7. The molecule has 106 valence electrons. The van der Waals surface area contributed by atoms with E-state index in [1.165, 1.54) is 0 Å². The van der Waals surface area contributed by atoms with Crippen LogP contribution in [0.2, 0.25) is 20.1 Å². The summed E-state index contributed by atoms with van der Waals surface area (Å²) in [6.07, 6.45) is 0. The molecule has 0 fully saturated rings. The first-order valence-electron chi connectivity index (χ1n) is 4.67. The lowest BCUT2D eigenvalue weighted by Gasteiger charge is -2.20. The predicted molar refractivity (Wildman–Crippen MR) is 68.8 cm³/mol. The number of carboxylic acid groups (broad SMARTS) is 1. The molecule has 9 heteroatoms. The highest BCUT2D eigenvalue weighted by atomic mass is 35.5. The summed E-state index contributed by atoms with van der Waals surface area (Å²) >= 11 is 22.6. The Morgan fingerprint density at radius 3 is 2.32 bits per heavy atom. The van der Waals surface area contributed by atoms with Gasteiger partial charge < -0.3 is 9.84 Å². The highest BCUT2D eigenvalue weighted by Gasteiger charge is 2.38. The van der Waals surface area contributed by atoms with E-state index < -0.39 is 35.7 Å². The van der Waals surface area contributed by atoms with Gasteiger partial charge in [-0.15, -0.1) is 0 Å². The van der Waals surface area contributed by atoms with Gasteiger partial charge in [0.15, 0.2) is 0 Å². The number of aliphatic carboxylic acids is 1. The van der Waals surface area contributed by atoms with Gasteiger partial charge in [0.1, 0.15) is 13.2 Å². The van der Waals surface area contributed by atoms with Crippen LogP contribution >= 0.6 is 46.4 Å². The molecule has 0 amide bonds. The highest BCUT2D eigenvalue weighted by molar-refractivity contribution is 6.49. The fourth-order valence-corrected chi connectivity index (χ4v) is 2.43. The third-order valence-corrected chi connectivity index (χ3v) is 3.55. The van der Waals surface area contributed by atoms with Gasteiger partial charge in [-0.3, -0.25) is 0 Å². The molecule has 3 nitrogen and oxygen atoms in total. The van der Waals surface area contributed by atoms with Crippen molar-refractivity contribution in [3.05, 3.63) is 31.7 Å². The number of hydrogen-bond acceptors (Lipinski definition) is 2. The Morgan fingerprint density at radius 2 is 1.79 bits per heavy atom. The van der Waals surface area contributed by atoms with Crippen LogP contribution in [-0.4, -0.2) is 24.3 Å². The zero-order valence-corrected chi connectivity index (χ0v) is 12.0. The summed E-state index contributed by atoms with van der Waals surface area (Å²) in [5.74, 6) is -4.97. The van der Waals surface area contributed by atoms with Crippen molar-refractivity contribution in [1.29, 1.82) is 0 Å². The Hall–Kier alpha value is -0.330. The van der Waals surface area contributed by atoms with Crippen LogP contribution in [0.3, 0.4) is 0 Å². The average Bonchev–Trinajstić information content (AvgIpc) is 2.24. The summed E-state index contributed by atoms with van der Waals surface area (Å²) in [5, 5.41) is 7.10. The Labute approximate surface area is 127 Å². The number of benzene rings is 1. The standard InChI is InChI=1S/C10H6Cl4F2O3/c11-4-1-5(12)8(13)9(14)7(4)10(15,16)3-19-2-6(17)18/h1H,2-3H2,(H,17,18). The van der Waals surface area contributed by atoms with E-state index in [2.05, 4.69) is 4.74 Å². The Kier molecular flexibility index (Phi) is 5.65. The molecule has 0 saturated heterocycles. The van der Waals surface area contributed by atoms with Crippen LogP contribution < -0.4 is 0 Å². The molecule has 0 spiro atoms. The zero-order chi connectivity index (χ0) is 14.8. The number of carboxylic acids is 1. The molecule has 0 bridgehead atoms. The third kappa shape index (κ3) is 4.07. The number of halogens is 6. The van der Waals surface area contributed by atoms with Gasteiger partial charge in [-0.25, -0.2) is 4.79 Å². The molecule has 0 aliphatic rings. The molecule has 1 N–H and O–H groups in total. The van der Waals surface area contributed by atoms with E-state index in [4.69, 9.17) is 51.5 Å². The van der Waals surface area contributed by atoms with Crippen molar-refractivity contribution >= 4 is 52.4 Å². The zero-order valence-electron chi connectivity index (χ0n) is 9.02. The number of ether oxygens (including phenoxy) is 1. The lowest BCUT2D eigenvalue weighted by Crippen LogP contribution is -2.24. The van der Waals surface area contributed by atoms with E-state index in [0.29, 0.717) is 0 Å². The van der Waals surface area contributed by atoms with E-state index in [1.807, 2.05) is 0 Å². The Bertz CT molecular complexity index is 508. The fraction of sp³-hybridized carbons (Fsp3) is 0.300. The van der Waals surface area contributed by atoms with E-state index in [1.54, 1.807) is 0 Å². The van der Waals surface area contributed by atoms with Crippen LogP contribution in [0.4, 0.5) is 8.78 Å². The molecule has 0 aliphatic carbocycles. The molecule has 19 heavy (non-hydrogen) atoms. The van der Waals surface area contributed by atoms with Crippen LogP contribution in [0.25, 0.3) is 0 Å². The molecule has 0 saturated carbocycles. The largest absolute Gasteiger partial charge is 0.480 e. The van der Waals surface area contributed by atoms with Gasteiger partial charge in [0.05, 0.1) is 25.7 Å². The van der Waals surface area contributed by atoms with E-state index in [-0.39, 0.29) is 15.1 Å². The summed E-state index contributed by atoms with van der Waals surface area (Å²) in [6, 6.07) is 1.03. The fourth-order valence-electron chi connectivity index (χ4n) is 1.24. The van der Waals surface area contributed by atoms with Crippen LogP contribution in [0.5, 0.6) is 0 Å². The highest BCUT2D eigenvalue weighted by Crippen LogP contribution is 2.44. The SMILES string of the molecule is O=C(O)COCC(F)(F)c1c(Cl)cc(Cl)c(Cl)c1Cl. The summed E-state index contributed by atoms with van der Waals surface area (Å²) < 4.78 is 32.1. The van der Waals surface area contributed by atoms with Crippen molar-refractivity contribution < 1.29 is 23.4 Å². The van der Waals surface area contributed by atoms with Gasteiger partial charge in [-0.2, -0.15) is 8.78 Å².